The molecular weight excluding hydrogens is 477 g/mol. The molecule has 0 spiro atoms. The van der Waals surface area contributed by atoms with E-state index < -0.39 is 17.9 Å². The summed E-state index contributed by atoms with van der Waals surface area (Å²) in [5, 5.41) is 10.4. The van der Waals surface area contributed by atoms with E-state index in [-0.39, 0.29) is 23.3 Å². The van der Waals surface area contributed by atoms with Gasteiger partial charge in [-0.3, -0.25) is 9.59 Å². The number of benzene rings is 1. The maximum Gasteiger partial charge on any atom is 0.242 e. The molecular formula is C19H19ClFN7O2S2. The molecule has 1 aromatic carbocycles. The molecule has 1 aliphatic rings. The van der Waals surface area contributed by atoms with Crippen molar-refractivity contribution in [2.24, 2.45) is 0 Å². The summed E-state index contributed by atoms with van der Waals surface area (Å²) in [7, 11) is 1.75. The summed E-state index contributed by atoms with van der Waals surface area (Å²) in [5.41, 5.74) is 0.387. The first-order valence-corrected chi connectivity index (χ1v) is 11.5. The van der Waals surface area contributed by atoms with Gasteiger partial charge < -0.3 is 10.6 Å². The van der Waals surface area contributed by atoms with Gasteiger partial charge in [-0.05, 0) is 37.7 Å². The van der Waals surface area contributed by atoms with E-state index in [2.05, 4.69) is 25.4 Å². The number of nitrogens with zero attached hydrogens (tertiary/aromatic N) is 4. The first kappa shape index (κ1) is 22.7. The average Bonchev–Trinajstić information content (AvgIpc) is 3.47. The van der Waals surface area contributed by atoms with Crippen LogP contribution >= 0.6 is 35.1 Å². The molecule has 2 aromatic heterocycles. The van der Waals surface area contributed by atoms with Crippen LogP contribution in [0.3, 0.4) is 0 Å². The van der Waals surface area contributed by atoms with E-state index in [1.165, 1.54) is 41.7 Å². The van der Waals surface area contributed by atoms with Crippen molar-refractivity contribution in [3.8, 4) is 5.13 Å². The Hall–Kier alpha value is -2.51. The highest BCUT2D eigenvalue weighted by atomic mass is 35.5. The molecule has 0 aliphatic carbocycles. The molecule has 2 unspecified atom stereocenters. The van der Waals surface area contributed by atoms with Gasteiger partial charge in [-0.1, -0.05) is 22.9 Å². The van der Waals surface area contributed by atoms with Gasteiger partial charge in [0.1, 0.15) is 11.9 Å². The summed E-state index contributed by atoms with van der Waals surface area (Å²) in [4.78, 5) is 30.6. The predicted octanol–water partition coefficient (Wildman–Crippen LogP) is 2.60. The van der Waals surface area contributed by atoms with Crippen LogP contribution in [-0.4, -0.2) is 50.0 Å². The van der Waals surface area contributed by atoms with Crippen LogP contribution in [0.15, 0.2) is 42.9 Å². The minimum absolute atomic E-state index is 0.0770. The number of carbonyl (C=O) groups is 2. The van der Waals surface area contributed by atoms with Gasteiger partial charge in [-0.2, -0.15) is 5.10 Å². The molecule has 0 bridgehead atoms. The SMILES string of the molecule is CN1SNC(C(=O)NCc2cnc(-n3cccn3)s2)CC1C(=O)Nc1ccc(F)c(Cl)c1. The number of nitrogens with one attached hydrogen (secondary N) is 3. The van der Waals surface area contributed by atoms with Crippen molar-refractivity contribution in [1.82, 2.24) is 29.1 Å². The summed E-state index contributed by atoms with van der Waals surface area (Å²) in [6.07, 6.45) is 5.43. The number of rotatable bonds is 6. The number of hydrogen-bond donors (Lipinski definition) is 3. The molecule has 0 saturated carbocycles. The molecule has 2 atom stereocenters. The quantitative estimate of drug-likeness (QED) is 0.451. The van der Waals surface area contributed by atoms with E-state index in [1.807, 2.05) is 6.07 Å². The van der Waals surface area contributed by atoms with Crippen molar-refractivity contribution in [2.45, 2.75) is 25.0 Å². The van der Waals surface area contributed by atoms with Crippen LogP contribution in [0.4, 0.5) is 10.1 Å². The number of thiazole rings is 1. The van der Waals surface area contributed by atoms with Gasteiger partial charge in [0.15, 0.2) is 0 Å². The van der Waals surface area contributed by atoms with Gasteiger partial charge in [0.2, 0.25) is 16.9 Å². The Morgan fingerprint density at radius 1 is 1.38 bits per heavy atom. The molecule has 13 heteroatoms. The molecule has 168 valence electrons. The number of hydrogen-bond acceptors (Lipinski definition) is 8. The fourth-order valence-electron chi connectivity index (χ4n) is 3.03. The largest absolute Gasteiger partial charge is 0.350 e. The summed E-state index contributed by atoms with van der Waals surface area (Å²) < 4.78 is 19.8. The summed E-state index contributed by atoms with van der Waals surface area (Å²) in [6, 6.07) is 4.64. The first-order chi connectivity index (χ1) is 15.4. The standard InChI is InChI=1S/C19H19ClFN7O2S2/c1-27-16(18(30)25-11-3-4-14(21)13(20)7-11)8-15(26-32-27)17(29)22-9-12-10-23-19(31-12)28-6-2-5-24-28/h2-7,10,15-16,26H,8-9H2,1H3,(H,22,29)(H,25,30). The Labute approximate surface area is 196 Å². The summed E-state index contributed by atoms with van der Waals surface area (Å²) >= 11 is 8.39. The second kappa shape index (κ2) is 9.96. The molecule has 1 aliphatic heterocycles. The second-order valence-corrected chi connectivity index (χ2v) is 9.45. The van der Waals surface area contributed by atoms with E-state index in [4.69, 9.17) is 11.6 Å². The maximum atomic E-state index is 13.3. The lowest BCUT2D eigenvalue weighted by molar-refractivity contribution is -0.124. The topological polar surface area (TPSA) is 104 Å². The zero-order valence-electron chi connectivity index (χ0n) is 16.8. The van der Waals surface area contributed by atoms with E-state index in [0.717, 1.165) is 4.88 Å². The Bertz CT molecular complexity index is 1110. The van der Waals surface area contributed by atoms with Crippen LogP contribution in [0.1, 0.15) is 11.3 Å². The van der Waals surface area contributed by atoms with Crippen molar-refractivity contribution in [3.63, 3.8) is 0 Å². The monoisotopic (exact) mass is 495 g/mol. The number of amides is 2. The highest BCUT2D eigenvalue weighted by molar-refractivity contribution is 7.95. The van der Waals surface area contributed by atoms with E-state index in [9.17, 15) is 14.0 Å². The van der Waals surface area contributed by atoms with Gasteiger partial charge in [-0.15, -0.1) is 0 Å². The maximum absolute atomic E-state index is 13.3. The number of carbonyl (C=O) groups excluding carboxylic acids is 2. The molecule has 3 heterocycles. The van der Waals surface area contributed by atoms with Crippen molar-refractivity contribution in [3.05, 3.63) is 58.6 Å². The smallest absolute Gasteiger partial charge is 0.242 e. The van der Waals surface area contributed by atoms with Crippen LogP contribution in [-0.2, 0) is 16.1 Å². The second-order valence-electron chi connectivity index (χ2n) is 6.96. The molecule has 1 saturated heterocycles. The molecule has 2 amide bonds. The van der Waals surface area contributed by atoms with Gasteiger partial charge in [0.25, 0.3) is 0 Å². The Kier molecular flexibility index (Phi) is 7.06. The van der Waals surface area contributed by atoms with Crippen LogP contribution in [0, 0.1) is 5.82 Å². The zero-order chi connectivity index (χ0) is 22.7. The van der Waals surface area contributed by atoms with E-state index in [1.54, 1.807) is 34.6 Å². The first-order valence-electron chi connectivity index (χ1n) is 9.54. The minimum atomic E-state index is -0.573. The molecule has 32 heavy (non-hydrogen) atoms. The van der Waals surface area contributed by atoms with Gasteiger partial charge in [0.05, 0.1) is 17.6 Å². The fourth-order valence-corrected chi connectivity index (χ4v) is 4.80. The number of halogens is 2. The highest BCUT2D eigenvalue weighted by Crippen LogP contribution is 2.24. The number of aromatic nitrogens is 3. The normalized spacial score (nSPS) is 19.0. The zero-order valence-corrected chi connectivity index (χ0v) is 19.2. The van der Waals surface area contributed by atoms with Crippen molar-refractivity contribution >= 4 is 52.6 Å². The van der Waals surface area contributed by atoms with E-state index in [0.29, 0.717) is 17.4 Å². The molecule has 0 radical (unpaired) electrons. The third-order valence-electron chi connectivity index (χ3n) is 4.72. The lowest BCUT2D eigenvalue weighted by Gasteiger charge is -2.34. The Morgan fingerprint density at radius 2 is 2.22 bits per heavy atom. The van der Waals surface area contributed by atoms with Crippen molar-refractivity contribution in [2.75, 3.05) is 12.4 Å². The third-order valence-corrected chi connectivity index (χ3v) is 6.93. The molecule has 4 rings (SSSR count). The predicted molar refractivity (Wildman–Crippen MR) is 122 cm³/mol. The average molecular weight is 496 g/mol. The Balaban J connectivity index is 1.33. The summed E-state index contributed by atoms with van der Waals surface area (Å²) in [6.45, 7) is 0.321. The van der Waals surface area contributed by atoms with Crippen molar-refractivity contribution < 1.29 is 14.0 Å². The van der Waals surface area contributed by atoms with Crippen LogP contribution < -0.4 is 15.4 Å². The van der Waals surface area contributed by atoms with Gasteiger partial charge >= 0.3 is 0 Å². The number of anilines is 1. The molecule has 9 nitrogen and oxygen atoms in total. The molecule has 3 N–H and O–H groups in total. The third kappa shape index (κ3) is 5.27. The van der Waals surface area contributed by atoms with E-state index >= 15 is 0 Å². The lowest BCUT2D eigenvalue weighted by Crippen LogP contribution is -2.53. The lowest BCUT2D eigenvalue weighted by atomic mass is 10.1. The van der Waals surface area contributed by atoms with Crippen LogP contribution in [0.2, 0.25) is 5.02 Å². The molecule has 1 fully saturated rings. The van der Waals surface area contributed by atoms with Crippen LogP contribution in [0.25, 0.3) is 5.13 Å². The molecule has 3 aromatic rings. The minimum Gasteiger partial charge on any atom is -0.350 e. The fraction of sp³-hybridized carbons (Fsp3) is 0.263. The Morgan fingerprint density at radius 3 is 2.97 bits per heavy atom. The van der Waals surface area contributed by atoms with Crippen LogP contribution in [0.5, 0.6) is 0 Å². The number of likely N-dealkylation sites (N-methyl/N-ethyl adjacent to an activating group) is 1. The summed E-state index contributed by atoms with van der Waals surface area (Å²) in [5.74, 6) is -1.09. The van der Waals surface area contributed by atoms with Gasteiger partial charge in [-0.25, -0.2) is 23.1 Å². The van der Waals surface area contributed by atoms with Crippen molar-refractivity contribution in [1.29, 1.82) is 0 Å². The van der Waals surface area contributed by atoms with Gasteiger partial charge in [0, 0.05) is 41.3 Å². The highest BCUT2D eigenvalue weighted by Gasteiger charge is 2.35.